The van der Waals surface area contributed by atoms with Gasteiger partial charge in [0.2, 0.25) is 23.6 Å². The van der Waals surface area contributed by atoms with Crippen LogP contribution in [0.25, 0.3) is 0 Å². The molecule has 3 aromatic carbocycles. The van der Waals surface area contributed by atoms with Crippen LogP contribution in [-0.2, 0) is 25.6 Å². The Bertz CT molecular complexity index is 1520. The molecule has 2 N–H and O–H groups in total. The lowest BCUT2D eigenvalue weighted by Crippen LogP contribution is -2.61. The quantitative estimate of drug-likeness (QED) is 0.338. The van der Waals surface area contributed by atoms with Gasteiger partial charge in [-0.2, -0.15) is 0 Å². The maximum Gasteiger partial charge on any atom is 0.247 e. The molecule has 2 aliphatic rings. The minimum atomic E-state index is -1.10. The molecule has 0 aliphatic carbocycles. The van der Waals surface area contributed by atoms with Gasteiger partial charge in [-0.15, -0.1) is 12.4 Å². The van der Waals surface area contributed by atoms with E-state index in [1.807, 2.05) is 67.6 Å². The predicted molar refractivity (Wildman–Crippen MR) is 176 cm³/mol. The lowest BCUT2D eigenvalue weighted by atomic mass is 9.98. The molecule has 0 saturated carbocycles. The van der Waals surface area contributed by atoms with Gasteiger partial charge in [0.05, 0.1) is 12.5 Å². The number of nitrogens with zero attached hydrogens (tertiary/aromatic N) is 2. The molecule has 8 nitrogen and oxygen atoms in total. The lowest BCUT2D eigenvalue weighted by Gasteiger charge is -2.39. The summed E-state index contributed by atoms with van der Waals surface area (Å²) in [6.45, 7) is 3.74. The molecule has 0 spiro atoms. The third kappa shape index (κ3) is 8.35. The van der Waals surface area contributed by atoms with E-state index >= 15 is 0 Å². The Kier molecular flexibility index (Phi) is 12.1. The van der Waals surface area contributed by atoms with Crippen molar-refractivity contribution in [2.24, 2.45) is 5.92 Å². The normalized spacial score (nSPS) is 20.0. The van der Waals surface area contributed by atoms with E-state index < -0.39 is 41.6 Å². The average Bonchev–Trinajstić information content (AvgIpc) is 3.49. The summed E-state index contributed by atoms with van der Waals surface area (Å²) in [5.74, 6) is -3.42. The van der Waals surface area contributed by atoms with E-state index in [-0.39, 0.29) is 61.3 Å². The van der Waals surface area contributed by atoms with Gasteiger partial charge in [0.15, 0.2) is 0 Å². The van der Waals surface area contributed by atoms with Crippen molar-refractivity contribution < 1.29 is 28.0 Å². The van der Waals surface area contributed by atoms with Crippen LogP contribution in [-0.4, -0.2) is 64.6 Å². The van der Waals surface area contributed by atoms with Crippen molar-refractivity contribution in [3.63, 3.8) is 0 Å². The van der Waals surface area contributed by atoms with Gasteiger partial charge in [-0.3, -0.25) is 19.2 Å². The summed E-state index contributed by atoms with van der Waals surface area (Å²) in [7, 11) is 0. The fraction of sp³-hybridized carbons (Fsp3) is 0.389. The van der Waals surface area contributed by atoms with Crippen molar-refractivity contribution in [3.05, 3.63) is 107 Å². The highest BCUT2D eigenvalue weighted by Crippen LogP contribution is 2.31. The van der Waals surface area contributed by atoms with Gasteiger partial charge in [0.1, 0.15) is 23.7 Å². The van der Waals surface area contributed by atoms with Crippen LogP contribution in [0.4, 0.5) is 8.78 Å². The predicted octanol–water partition coefficient (Wildman–Crippen LogP) is 4.96. The van der Waals surface area contributed by atoms with Crippen molar-refractivity contribution in [2.75, 3.05) is 13.1 Å². The van der Waals surface area contributed by atoms with Crippen LogP contribution in [0, 0.1) is 17.6 Å². The molecule has 3 aromatic rings. The summed E-state index contributed by atoms with van der Waals surface area (Å²) < 4.78 is 27.9. The minimum absolute atomic E-state index is 0. The van der Waals surface area contributed by atoms with E-state index in [9.17, 15) is 28.0 Å². The van der Waals surface area contributed by atoms with Gasteiger partial charge in [0.25, 0.3) is 0 Å². The summed E-state index contributed by atoms with van der Waals surface area (Å²) >= 11 is 0. The molecule has 4 atom stereocenters. The van der Waals surface area contributed by atoms with Gasteiger partial charge >= 0.3 is 0 Å². The first-order chi connectivity index (χ1) is 22.2. The van der Waals surface area contributed by atoms with Crippen LogP contribution in [0.2, 0.25) is 0 Å². The first-order valence-electron chi connectivity index (χ1n) is 15.9. The maximum atomic E-state index is 14.4. The van der Waals surface area contributed by atoms with Gasteiger partial charge in [0, 0.05) is 31.1 Å². The van der Waals surface area contributed by atoms with Crippen molar-refractivity contribution in [1.29, 1.82) is 0 Å². The molecule has 5 rings (SSSR count). The molecule has 2 fully saturated rings. The van der Waals surface area contributed by atoms with Crippen molar-refractivity contribution in [3.8, 4) is 0 Å². The van der Waals surface area contributed by atoms with E-state index in [0.29, 0.717) is 25.7 Å². The molecule has 0 radical (unpaired) electrons. The number of carbonyl (C=O) groups is 4. The van der Waals surface area contributed by atoms with Crippen molar-refractivity contribution >= 4 is 36.0 Å². The Labute approximate surface area is 280 Å². The van der Waals surface area contributed by atoms with E-state index in [1.165, 1.54) is 11.0 Å². The summed E-state index contributed by atoms with van der Waals surface area (Å²) in [5.41, 5.74) is 1.85. The highest BCUT2D eigenvalue weighted by molar-refractivity contribution is 5.94. The SMILES string of the molecule is CC[C@@H](C)C(=O)N[C@H]1CN(C(=O)Cc2ccc(F)cc2F)CC[C@H]2CC[C@@H](C(=O)NC(c3ccccc3)c3ccccc3)N2C1=O.Cl. The smallest absolute Gasteiger partial charge is 0.247 e. The second kappa shape index (κ2) is 16.0. The third-order valence-electron chi connectivity index (χ3n) is 9.13. The molecule has 47 heavy (non-hydrogen) atoms. The number of halogens is 3. The van der Waals surface area contributed by atoms with Crippen LogP contribution in [0.3, 0.4) is 0 Å². The highest BCUT2D eigenvalue weighted by atomic mass is 35.5. The Morgan fingerprint density at radius 1 is 0.915 bits per heavy atom. The van der Waals surface area contributed by atoms with Crippen molar-refractivity contribution in [1.82, 2.24) is 20.4 Å². The zero-order chi connectivity index (χ0) is 32.8. The van der Waals surface area contributed by atoms with Gasteiger partial charge in [-0.05, 0) is 48.4 Å². The number of amides is 4. The molecule has 2 aliphatic heterocycles. The molecule has 0 unspecified atom stereocenters. The number of rotatable bonds is 9. The number of hydrogen-bond donors (Lipinski definition) is 2. The molecule has 4 amide bonds. The fourth-order valence-electron chi connectivity index (χ4n) is 6.29. The molecule has 0 aromatic heterocycles. The van der Waals surface area contributed by atoms with Crippen LogP contribution >= 0.6 is 12.4 Å². The number of hydrogen-bond acceptors (Lipinski definition) is 4. The first-order valence-corrected chi connectivity index (χ1v) is 15.9. The van der Waals surface area contributed by atoms with E-state index in [0.717, 1.165) is 23.3 Å². The lowest BCUT2D eigenvalue weighted by molar-refractivity contribution is -0.147. The van der Waals surface area contributed by atoms with E-state index in [4.69, 9.17) is 0 Å². The standard InChI is InChI=1S/C36H40F2N4O4.ClH/c1-3-23(2)34(44)39-30-22-41(32(43)20-26-14-15-27(37)21-29(26)38)19-18-28-16-17-31(42(28)36(30)46)35(45)40-33(24-10-6-4-7-11-24)25-12-8-5-9-13-25;/h4-15,21,23,28,30-31,33H,3,16-20,22H2,1-2H3,(H,39,44)(H,40,45);1H/t23-,28-,30+,31+;/m1./s1. The van der Waals surface area contributed by atoms with E-state index in [2.05, 4.69) is 10.6 Å². The fourth-order valence-corrected chi connectivity index (χ4v) is 6.29. The van der Waals surface area contributed by atoms with Crippen molar-refractivity contribution in [2.45, 2.75) is 70.1 Å². The summed E-state index contributed by atoms with van der Waals surface area (Å²) in [6, 6.07) is 19.7. The van der Waals surface area contributed by atoms with Gasteiger partial charge in [-0.25, -0.2) is 8.78 Å². The first kappa shape index (κ1) is 35.5. The molecule has 2 heterocycles. The minimum Gasteiger partial charge on any atom is -0.343 e. The largest absolute Gasteiger partial charge is 0.343 e. The maximum absolute atomic E-state index is 14.4. The molecule has 2 saturated heterocycles. The molecule has 0 bridgehead atoms. The van der Waals surface area contributed by atoms with Crippen LogP contribution in [0.15, 0.2) is 78.9 Å². The average molecular weight is 667 g/mol. The summed E-state index contributed by atoms with van der Waals surface area (Å²) in [5, 5.41) is 6.02. The molecular formula is C36H41ClF2N4O4. The molecular weight excluding hydrogens is 626 g/mol. The number of nitrogens with one attached hydrogen (secondary N) is 2. The van der Waals surface area contributed by atoms with Crippen LogP contribution < -0.4 is 10.6 Å². The highest BCUT2D eigenvalue weighted by Gasteiger charge is 2.46. The zero-order valence-corrected chi connectivity index (χ0v) is 27.4. The number of fused-ring (bicyclic) bond motifs is 1. The van der Waals surface area contributed by atoms with Crippen LogP contribution in [0.5, 0.6) is 0 Å². The number of benzene rings is 3. The summed E-state index contributed by atoms with van der Waals surface area (Å²) in [4.78, 5) is 57.8. The Morgan fingerprint density at radius 2 is 1.55 bits per heavy atom. The molecule has 11 heteroatoms. The monoisotopic (exact) mass is 666 g/mol. The second-order valence-electron chi connectivity index (χ2n) is 12.2. The Balaban J connectivity index is 0.00000500. The third-order valence-corrected chi connectivity index (χ3v) is 9.13. The van der Waals surface area contributed by atoms with Gasteiger partial charge in [-0.1, -0.05) is 80.6 Å². The topological polar surface area (TPSA) is 98.8 Å². The summed E-state index contributed by atoms with van der Waals surface area (Å²) in [6.07, 6.45) is 1.63. The number of carbonyl (C=O) groups excluding carboxylic acids is 4. The molecule has 250 valence electrons. The van der Waals surface area contributed by atoms with Gasteiger partial charge < -0.3 is 20.4 Å². The Morgan fingerprint density at radius 3 is 2.15 bits per heavy atom. The van der Waals surface area contributed by atoms with Crippen LogP contribution in [0.1, 0.15) is 62.3 Å². The Hall–Kier alpha value is -4.31. The van der Waals surface area contributed by atoms with E-state index in [1.54, 1.807) is 11.8 Å². The second-order valence-corrected chi connectivity index (χ2v) is 12.2. The zero-order valence-electron chi connectivity index (χ0n) is 26.5.